The van der Waals surface area contributed by atoms with Gasteiger partial charge in [0.05, 0.1) is 18.2 Å². The Kier molecular flexibility index (Phi) is 9.44. The largest absolute Gasteiger partial charge is 0.507 e. The number of unbranched alkanes of at least 4 members (excludes halogenated alkanes) is 2. The number of thioether (sulfide) groups is 1. The second kappa shape index (κ2) is 13.6. The average Bonchev–Trinajstić information content (AvgIpc) is 3.73. The lowest BCUT2D eigenvalue weighted by Gasteiger charge is -2.23. The van der Waals surface area contributed by atoms with Gasteiger partial charge in [0, 0.05) is 22.8 Å². The van der Waals surface area contributed by atoms with Crippen molar-refractivity contribution in [3.63, 3.8) is 0 Å². The monoisotopic (exact) mass is 661 g/mol. The number of rotatable bonds is 11. The number of benzene rings is 3. The summed E-state index contributed by atoms with van der Waals surface area (Å²) in [6.07, 6.45) is 3.76. The summed E-state index contributed by atoms with van der Waals surface area (Å²) in [4.78, 5) is 28.8. The Bertz CT molecular complexity index is 1760. The molecule has 0 unspecified atom stereocenters. The highest BCUT2D eigenvalue weighted by atomic mass is 35.5. The molecule has 0 spiro atoms. The summed E-state index contributed by atoms with van der Waals surface area (Å²) in [5.41, 5.74) is 3.05. The summed E-state index contributed by atoms with van der Waals surface area (Å²) < 4.78 is 12.5. The molecule has 1 fully saturated rings. The zero-order valence-electron chi connectivity index (χ0n) is 24.9. The fourth-order valence-electron chi connectivity index (χ4n) is 5.47. The molecule has 2 aliphatic heterocycles. The van der Waals surface area contributed by atoms with Crippen molar-refractivity contribution in [1.29, 1.82) is 0 Å². The van der Waals surface area contributed by atoms with Crippen LogP contribution in [0.25, 0.3) is 5.76 Å². The number of hydrogen-bond acceptors (Lipinski definition) is 9. The van der Waals surface area contributed by atoms with Crippen LogP contribution in [0.5, 0.6) is 11.5 Å². The molecule has 2 atom stereocenters. The van der Waals surface area contributed by atoms with Crippen molar-refractivity contribution in [2.24, 2.45) is 0 Å². The van der Waals surface area contributed by atoms with Crippen LogP contribution in [0.3, 0.4) is 0 Å². The Hall–Kier alpha value is -3.86. The first-order valence-electron chi connectivity index (χ1n) is 14.9. The molecule has 0 saturated carbocycles. The molecule has 1 aromatic heterocycles. The Morgan fingerprint density at radius 1 is 1.11 bits per heavy atom. The van der Waals surface area contributed by atoms with Crippen molar-refractivity contribution < 1.29 is 24.2 Å². The predicted octanol–water partition coefficient (Wildman–Crippen LogP) is 8.00. The summed E-state index contributed by atoms with van der Waals surface area (Å²) in [6.45, 7) is 4.66. The molecule has 232 valence electrons. The number of aliphatic hydroxyl groups is 1. The summed E-state index contributed by atoms with van der Waals surface area (Å²) >= 11 is 8.71. The topological polar surface area (TPSA) is 102 Å². The van der Waals surface area contributed by atoms with Crippen molar-refractivity contribution in [3.05, 3.63) is 99.6 Å². The van der Waals surface area contributed by atoms with E-state index >= 15 is 0 Å². The molecule has 11 heteroatoms. The summed E-state index contributed by atoms with van der Waals surface area (Å²) in [7, 11) is 0. The highest BCUT2D eigenvalue weighted by Crippen LogP contribution is 2.45. The van der Waals surface area contributed by atoms with E-state index in [1.54, 1.807) is 12.1 Å². The molecule has 1 N–H and O–H groups in total. The highest BCUT2D eigenvalue weighted by molar-refractivity contribution is 8.00. The smallest absolute Gasteiger partial charge is 0.301 e. The maximum atomic E-state index is 13.7. The number of fused-ring (bicyclic) bond motifs is 1. The van der Waals surface area contributed by atoms with Gasteiger partial charge in [0.1, 0.15) is 23.4 Å². The van der Waals surface area contributed by atoms with Crippen LogP contribution in [0, 0.1) is 0 Å². The molecular formula is C34H32ClN3O5S2. The number of aliphatic hydroxyl groups excluding tert-OH is 1. The van der Waals surface area contributed by atoms with Crippen LogP contribution in [0.15, 0.2) is 76.6 Å². The second-order valence-corrected chi connectivity index (χ2v) is 13.6. The third-order valence-corrected chi connectivity index (χ3v) is 10.1. The van der Waals surface area contributed by atoms with E-state index in [0.29, 0.717) is 45.0 Å². The zero-order valence-corrected chi connectivity index (χ0v) is 27.3. The Morgan fingerprint density at radius 2 is 1.93 bits per heavy atom. The van der Waals surface area contributed by atoms with Gasteiger partial charge in [0.25, 0.3) is 5.78 Å². The number of amides is 1. The van der Waals surface area contributed by atoms with E-state index in [9.17, 15) is 14.7 Å². The van der Waals surface area contributed by atoms with Crippen molar-refractivity contribution >= 4 is 57.3 Å². The van der Waals surface area contributed by atoms with Gasteiger partial charge >= 0.3 is 5.91 Å². The molecule has 0 radical (unpaired) electrons. The number of nitrogens with zero attached hydrogens (tertiary/aromatic N) is 3. The number of carbonyl (C=O) groups excluding carboxylic acids is 2. The third-order valence-electron chi connectivity index (χ3n) is 7.68. The lowest BCUT2D eigenvalue weighted by Crippen LogP contribution is -2.29. The lowest BCUT2D eigenvalue weighted by atomic mass is 9.94. The predicted molar refractivity (Wildman–Crippen MR) is 177 cm³/mol. The van der Waals surface area contributed by atoms with Crippen LogP contribution < -0.4 is 14.4 Å². The standard InChI is InChI=1S/C34H32ClN3O5S2/c1-3-4-5-15-42-26-8-6-7-22(18-26)29-28(30(39)23-11-14-27-24(17-23)16-20(2)43-27)31(40)32(41)38(29)33-36-37-34(45-33)44-19-21-9-12-25(35)13-10-21/h6-14,17-18,20,29,39H,3-5,15-16,19H2,1-2H3/t20-,29+/m1/s1. The van der Waals surface area contributed by atoms with E-state index in [1.165, 1.54) is 28.0 Å². The third kappa shape index (κ3) is 6.73. The molecule has 8 nitrogen and oxygen atoms in total. The first kappa shape index (κ1) is 31.1. The van der Waals surface area contributed by atoms with Gasteiger partial charge in [-0.1, -0.05) is 78.7 Å². The van der Waals surface area contributed by atoms with E-state index in [2.05, 4.69) is 17.1 Å². The molecule has 1 saturated heterocycles. The Morgan fingerprint density at radius 3 is 2.73 bits per heavy atom. The number of ether oxygens (including phenoxy) is 2. The Balaban J connectivity index is 1.37. The number of carbonyl (C=O) groups is 2. The van der Waals surface area contributed by atoms with Crippen molar-refractivity contribution in [2.75, 3.05) is 11.5 Å². The normalized spacial score (nSPS) is 18.7. The van der Waals surface area contributed by atoms with Gasteiger partial charge in [-0.15, -0.1) is 10.2 Å². The summed E-state index contributed by atoms with van der Waals surface area (Å²) in [5.74, 6) is 0.184. The number of aromatic nitrogens is 2. The molecule has 0 aliphatic carbocycles. The molecule has 4 aromatic rings. The summed E-state index contributed by atoms with van der Waals surface area (Å²) in [5, 5.41) is 21.2. The van der Waals surface area contributed by atoms with Gasteiger partial charge in [0.15, 0.2) is 4.34 Å². The number of anilines is 1. The minimum atomic E-state index is -0.935. The van der Waals surface area contributed by atoms with Gasteiger partial charge in [-0.05, 0) is 72.5 Å². The lowest BCUT2D eigenvalue weighted by molar-refractivity contribution is -0.132. The first-order chi connectivity index (χ1) is 21.8. The summed E-state index contributed by atoms with van der Waals surface area (Å²) in [6, 6.07) is 19.3. The van der Waals surface area contributed by atoms with E-state index < -0.39 is 17.7 Å². The molecule has 0 bridgehead atoms. The van der Waals surface area contributed by atoms with Gasteiger partial charge in [-0.3, -0.25) is 14.5 Å². The van der Waals surface area contributed by atoms with E-state index in [1.807, 2.05) is 61.5 Å². The average molecular weight is 662 g/mol. The number of ketones is 1. The SMILES string of the molecule is CCCCCOc1cccc([C@H]2C(=C(O)c3ccc4c(c3)C[C@@H](C)O4)C(=O)C(=O)N2c2nnc(SCc3ccc(Cl)cc3)s2)c1. The van der Waals surface area contributed by atoms with Crippen LogP contribution >= 0.6 is 34.7 Å². The van der Waals surface area contributed by atoms with Gasteiger partial charge in [-0.25, -0.2) is 0 Å². The van der Waals surface area contributed by atoms with Gasteiger partial charge in [0.2, 0.25) is 5.13 Å². The first-order valence-corrected chi connectivity index (χ1v) is 17.0. The number of halogens is 1. The molecule has 45 heavy (non-hydrogen) atoms. The van der Waals surface area contributed by atoms with E-state index in [0.717, 1.165) is 36.1 Å². The minimum Gasteiger partial charge on any atom is -0.507 e. The quantitative estimate of drug-likeness (QED) is 0.0431. The molecule has 3 heterocycles. The second-order valence-electron chi connectivity index (χ2n) is 11.0. The van der Waals surface area contributed by atoms with Crippen LogP contribution in [0.1, 0.15) is 61.4 Å². The highest BCUT2D eigenvalue weighted by Gasteiger charge is 2.48. The van der Waals surface area contributed by atoms with Gasteiger partial charge < -0.3 is 14.6 Å². The van der Waals surface area contributed by atoms with Gasteiger partial charge in [-0.2, -0.15) is 0 Å². The number of Topliss-reactive ketones (excluding diaryl/α,β-unsaturated/α-hetero) is 1. The molecule has 1 amide bonds. The van der Waals surface area contributed by atoms with E-state index in [4.69, 9.17) is 21.1 Å². The van der Waals surface area contributed by atoms with Crippen molar-refractivity contribution in [3.8, 4) is 11.5 Å². The van der Waals surface area contributed by atoms with Crippen molar-refractivity contribution in [1.82, 2.24) is 10.2 Å². The van der Waals surface area contributed by atoms with E-state index in [-0.39, 0.29) is 22.6 Å². The fraction of sp³-hybridized carbons (Fsp3) is 0.294. The molecular weight excluding hydrogens is 630 g/mol. The Labute approximate surface area is 275 Å². The van der Waals surface area contributed by atoms with Crippen LogP contribution in [0.4, 0.5) is 5.13 Å². The molecule has 3 aromatic carbocycles. The minimum absolute atomic E-state index is 0.0133. The molecule has 2 aliphatic rings. The van der Waals surface area contributed by atoms with Crippen LogP contribution in [-0.2, 0) is 21.8 Å². The van der Waals surface area contributed by atoms with Crippen molar-refractivity contribution in [2.45, 2.75) is 61.8 Å². The van der Waals surface area contributed by atoms with Crippen LogP contribution in [-0.4, -0.2) is 39.7 Å². The fourth-order valence-corrected chi connectivity index (χ4v) is 7.42. The van der Waals surface area contributed by atoms with Crippen LogP contribution in [0.2, 0.25) is 5.02 Å². The number of hydrogen-bond donors (Lipinski definition) is 1. The maximum absolute atomic E-state index is 13.7. The molecule has 6 rings (SSSR count). The maximum Gasteiger partial charge on any atom is 0.301 e. The zero-order chi connectivity index (χ0) is 31.5.